The van der Waals surface area contributed by atoms with Crippen LogP contribution in [0.3, 0.4) is 0 Å². The lowest BCUT2D eigenvalue weighted by Gasteiger charge is -2.26. The van der Waals surface area contributed by atoms with E-state index in [1.54, 1.807) is 0 Å². The molecule has 1 fully saturated rings. The maximum Gasteiger partial charge on any atom is 0.338 e. The summed E-state index contributed by atoms with van der Waals surface area (Å²) in [6.45, 7) is 8.19. The number of anilines is 1. The minimum atomic E-state index is -3.92. The molecule has 1 aliphatic heterocycles. The van der Waals surface area contributed by atoms with Crippen molar-refractivity contribution in [2.24, 2.45) is 0 Å². The first-order valence-electron chi connectivity index (χ1n) is 10.9. The molecular formula is C24H30N2O7S. The lowest BCUT2D eigenvalue weighted by atomic mass is 10.0. The average Bonchev–Trinajstić information content (AvgIpc) is 2.81. The van der Waals surface area contributed by atoms with Gasteiger partial charge in [-0.25, -0.2) is 13.2 Å². The number of carbonyl (C=O) groups excluding carboxylic acids is 2. The Balaban J connectivity index is 1.78. The minimum Gasteiger partial charge on any atom is -0.495 e. The van der Waals surface area contributed by atoms with Gasteiger partial charge in [0.2, 0.25) is 10.0 Å². The van der Waals surface area contributed by atoms with E-state index < -0.39 is 28.0 Å². The van der Waals surface area contributed by atoms with Crippen LogP contribution in [-0.4, -0.2) is 64.1 Å². The Morgan fingerprint density at radius 1 is 1.06 bits per heavy atom. The third-order valence-electron chi connectivity index (χ3n) is 5.57. The Morgan fingerprint density at radius 2 is 1.68 bits per heavy atom. The van der Waals surface area contributed by atoms with Gasteiger partial charge in [-0.15, -0.1) is 0 Å². The van der Waals surface area contributed by atoms with Crippen molar-refractivity contribution >= 4 is 27.6 Å². The van der Waals surface area contributed by atoms with Gasteiger partial charge in [0, 0.05) is 18.8 Å². The van der Waals surface area contributed by atoms with Gasteiger partial charge in [0.05, 0.1) is 25.9 Å². The minimum absolute atomic E-state index is 0.00465. The van der Waals surface area contributed by atoms with Gasteiger partial charge in [0.25, 0.3) is 5.91 Å². The van der Waals surface area contributed by atoms with E-state index in [0.717, 1.165) is 16.7 Å². The van der Waals surface area contributed by atoms with Crippen LogP contribution in [0.25, 0.3) is 0 Å². The van der Waals surface area contributed by atoms with Gasteiger partial charge < -0.3 is 19.5 Å². The van der Waals surface area contributed by atoms with Gasteiger partial charge in [0.15, 0.2) is 6.10 Å². The van der Waals surface area contributed by atoms with Crippen LogP contribution in [0.5, 0.6) is 5.75 Å². The highest BCUT2D eigenvalue weighted by molar-refractivity contribution is 7.89. The van der Waals surface area contributed by atoms with Gasteiger partial charge >= 0.3 is 5.97 Å². The normalized spacial score (nSPS) is 15.4. The monoisotopic (exact) mass is 490 g/mol. The number of hydrogen-bond donors (Lipinski definition) is 1. The molecule has 1 amide bonds. The van der Waals surface area contributed by atoms with E-state index in [0.29, 0.717) is 5.69 Å². The van der Waals surface area contributed by atoms with Gasteiger partial charge in [-0.2, -0.15) is 4.31 Å². The molecule has 1 atom stereocenters. The van der Waals surface area contributed by atoms with Crippen LogP contribution in [-0.2, 0) is 24.3 Å². The summed E-state index contributed by atoms with van der Waals surface area (Å²) in [6.07, 6.45) is -1.10. The number of nitrogens with one attached hydrogen (secondary N) is 1. The van der Waals surface area contributed by atoms with Crippen LogP contribution in [0.2, 0.25) is 0 Å². The van der Waals surface area contributed by atoms with E-state index >= 15 is 0 Å². The van der Waals surface area contributed by atoms with Crippen molar-refractivity contribution in [3.8, 4) is 5.75 Å². The van der Waals surface area contributed by atoms with Crippen LogP contribution < -0.4 is 10.1 Å². The fourth-order valence-electron chi connectivity index (χ4n) is 3.82. The Bertz CT molecular complexity index is 1160. The number of ether oxygens (including phenoxy) is 3. The maximum atomic E-state index is 13.1. The third-order valence-corrected chi connectivity index (χ3v) is 7.49. The van der Waals surface area contributed by atoms with Crippen molar-refractivity contribution in [3.63, 3.8) is 0 Å². The van der Waals surface area contributed by atoms with Gasteiger partial charge in [-0.3, -0.25) is 4.79 Å². The van der Waals surface area contributed by atoms with Crippen molar-refractivity contribution in [2.45, 2.75) is 38.7 Å². The molecule has 0 bridgehead atoms. The highest BCUT2D eigenvalue weighted by Gasteiger charge is 2.30. The molecule has 1 aliphatic rings. The lowest BCUT2D eigenvalue weighted by Crippen LogP contribution is -2.40. The summed E-state index contributed by atoms with van der Waals surface area (Å²) in [5.41, 5.74) is 3.54. The quantitative estimate of drug-likeness (QED) is 0.594. The summed E-state index contributed by atoms with van der Waals surface area (Å²) >= 11 is 0. The second kappa shape index (κ2) is 10.5. The molecular weight excluding hydrogens is 460 g/mol. The molecule has 10 heteroatoms. The number of amides is 1. The molecule has 0 saturated carbocycles. The largest absolute Gasteiger partial charge is 0.495 e. The molecule has 1 heterocycles. The number of esters is 1. The number of nitrogens with zero attached hydrogens (tertiary/aromatic N) is 1. The number of aryl methyl sites for hydroxylation is 3. The van der Waals surface area contributed by atoms with Crippen LogP contribution in [0.15, 0.2) is 35.2 Å². The molecule has 0 aromatic heterocycles. The molecule has 0 aliphatic carbocycles. The van der Waals surface area contributed by atoms with E-state index in [1.165, 1.54) is 36.5 Å². The summed E-state index contributed by atoms with van der Waals surface area (Å²) in [5, 5.41) is 2.81. The summed E-state index contributed by atoms with van der Waals surface area (Å²) in [7, 11) is -2.56. The summed E-state index contributed by atoms with van der Waals surface area (Å²) in [6, 6.07) is 7.91. The molecule has 34 heavy (non-hydrogen) atoms. The van der Waals surface area contributed by atoms with Crippen LogP contribution in [0, 0.1) is 20.8 Å². The Kier molecular flexibility index (Phi) is 7.96. The number of methoxy groups -OCH3 is 1. The number of rotatable bonds is 7. The van der Waals surface area contributed by atoms with Gasteiger partial charge in [-0.05, 0) is 57.0 Å². The topological polar surface area (TPSA) is 111 Å². The van der Waals surface area contributed by atoms with Crippen molar-refractivity contribution in [3.05, 3.63) is 52.6 Å². The third kappa shape index (κ3) is 5.57. The summed E-state index contributed by atoms with van der Waals surface area (Å²) in [4.78, 5) is 25.3. The first kappa shape index (κ1) is 25.7. The zero-order valence-electron chi connectivity index (χ0n) is 20.0. The van der Waals surface area contributed by atoms with E-state index in [-0.39, 0.29) is 42.5 Å². The smallest absolute Gasteiger partial charge is 0.338 e. The molecule has 9 nitrogen and oxygen atoms in total. The Hall–Kier alpha value is -2.95. The number of sulfonamides is 1. The predicted molar refractivity (Wildman–Crippen MR) is 127 cm³/mol. The molecule has 2 aromatic rings. The van der Waals surface area contributed by atoms with E-state index in [9.17, 15) is 18.0 Å². The van der Waals surface area contributed by atoms with Gasteiger partial charge in [-0.1, -0.05) is 17.7 Å². The van der Waals surface area contributed by atoms with Gasteiger partial charge in [0.1, 0.15) is 10.6 Å². The molecule has 1 N–H and O–H groups in total. The maximum absolute atomic E-state index is 13.1. The Labute approximate surface area is 200 Å². The average molecular weight is 491 g/mol. The summed E-state index contributed by atoms with van der Waals surface area (Å²) in [5.74, 6) is -1.20. The number of carbonyl (C=O) groups is 2. The molecule has 184 valence electrons. The molecule has 1 unspecified atom stereocenters. The van der Waals surface area contributed by atoms with Crippen LogP contribution in [0.4, 0.5) is 5.69 Å². The number of morpholine rings is 1. The van der Waals surface area contributed by atoms with Crippen molar-refractivity contribution < 1.29 is 32.2 Å². The Morgan fingerprint density at radius 3 is 2.26 bits per heavy atom. The second-order valence-corrected chi connectivity index (χ2v) is 10.1. The van der Waals surface area contributed by atoms with Crippen molar-refractivity contribution in [2.75, 3.05) is 38.7 Å². The zero-order chi connectivity index (χ0) is 25.0. The molecule has 1 saturated heterocycles. The number of benzene rings is 2. The fourth-order valence-corrected chi connectivity index (χ4v) is 5.40. The first-order valence-corrected chi connectivity index (χ1v) is 12.3. The van der Waals surface area contributed by atoms with E-state index in [1.807, 2.05) is 32.9 Å². The fraction of sp³-hybridized carbons (Fsp3) is 0.417. The molecule has 0 spiro atoms. The predicted octanol–water partition coefficient (Wildman–Crippen LogP) is 2.83. The standard InChI is InChI=1S/C24H30N2O7S/c1-15-12-16(2)22(17(3)13-15)25-23(27)18(4)33-24(28)19-6-7-20(31-5)21(14-19)34(29,30)26-8-10-32-11-9-26/h6-7,12-14,18H,8-11H2,1-5H3,(H,25,27). The van der Waals surface area contributed by atoms with E-state index in [4.69, 9.17) is 14.2 Å². The molecule has 3 rings (SSSR count). The first-order chi connectivity index (χ1) is 16.0. The second-order valence-electron chi connectivity index (χ2n) is 8.19. The SMILES string of the molecule is COc1ccc(C(=O)OC(C)C(=O)Nc2c(C)cc(C)cc2C)cc1S(=O)(=O)N1CCOCC1. The van der Waals surface area contributed by atoms with E-state index in [2.05, 4.69) is 5.32 Å². The lowest BCUT2D eigenvalue weighted by molar-refractivity contribution is -0.123. The highest BCUT2D eigenvalue weighted by Crippen LogP contribution is 2.29. The number of hydrogen-bond acceptors (Lipinski definition) is 7. The van der Waals surface area contributed by atoms with Crippen LogP contribution >= 0.6 is 0 Å². The highest BCUT2D eigenvalue weighted by atomic mass is 32.2. The van der Waals surface area contributed by atoms with Crippen molar-refractivity contribution in [1.82, 2.24) is 4.31 Å². The summed E-state index contributed by atoms with van der Waals surface area (Å²) < 4.78 is 43.3. The van der Waals surface area contributed by atoms with Crippen LogP contribution in [0.1, 0.15) is 34.0 Å². The van der Waals surface area contributed by atoms with Crippen molar-refractivity contribution in [1.29, 1.82) is 0 Å². The molecule has 0 radical (unpaired) electrons. The zero-order valence-corrected chi connectivity index (χ0v) is 20.8. The molecule has 2 aromatic carbocycles.